The molecule has 3 aromatic heterocycles. The van der Waals surface area contributed by atoms with Gasteiger partial charge in [-0.2, -0.15) is 0 Å². The average molecular weight is 473 g/mol. The fourth-order valence-corrected chi connectivity index (χ4v) is 3.88. The molecule has 35 heavy (non-hydrogen) atoms. The molecule has 182 valence electrons. The number of pyridine rings is 2. The molecule has 1 N–H and O–H groups in total. The van der Waals surface area contributed by atoms with E-state index in [4.69, 9.17) is 9.47 Å². The second-order valence-electron chi connectivity index (χ2n) is 9.45. The van der Waals surface area contributed by atoms with Crippen molar-refractivity contribution in [2.75, 3.05) is 20.2 Å². The lowest BCUT2D eigenvalue weighted by Crippen LogP contribution is -2.36. The number of hydrogen-bond donors (Lipinski definition) is 1. The first kappa shape index (κ1) is 24.3. The fourth-order valence-electron chi connectivity index (χ4n) is 3.88. The van der Waals surface area contributed by atoms with E-state index in [2.05, 4.69) is 46.1 Å². The monoisotopic (exact) mass is 472 g/mol. The van der Waals surface area contributed by atoms with Crippen molar-refractivity contribution in [2.45, 2.75) is 39.7 Å². The Hall–Kier alpha value is -3.87. The lowest BCUT2D eigenvalue weighted by Gasteiger charge is -2.24. The van der Waals surface area contributed by atoms with Gasteiger partial charge in [-0.1, -0.05) is 31.2 Å². The number of aryl methyl sites for hydroxylation is 1. The number of carbonyl (C=O) groups excluding carboxylic acids is 1. The summed E-state index contributed by atoms with van der Waals surface area (Å²) in [5.41, 5.74) is 6.50. The van der Waals surface area contributed by atoms with Crippen LogP contribution in [0.15, 0.2) is 61.1 Å². The maximum Gasteiger partial charge on any atom is 0.410 e. The van der Waals surface area contributed by atoms with Gasteiger partial charge in [-0.25, -0.2) is 4.79 Å². The highest BCUT2D eigenvalue weighted by molar-refractivity contribution is 6.02. The highest BCUT2D eigenvalue weighted by Gasteiger charge is 2.21. The molecule has 0 spiro atoms. The Kier molecular flexibility index (Phi) is 7.05. The number of aromatic amines is 1. The molecule has 4 aromatic rings. The smallest absolute Gasteiger partial charge is 0.410 e. The van der Waals surface area contributed by atoms with E-state index >= 15 is 0 Å². The van der Waals surface area contributed by atoms with Crippen molar-refractivity contribution in [3.63, 3.8) is 0 Å². The number of carbonyl (C=O) groups is 1. The Labute approximate surface area is 206 Å². The molecule has 4 rings (SSSR count). The normalized spacial score (nSPS) is 11.5. The molecule has 0 saturated heterocycles. The van der Waals surface area contributed by atoms with E-state index in [0.717, 1.165) is 39.8 Å². The first-order chi connectivity index (χ1) is 16.8. The molecule has 0 atom stereocenters. The summed E-state index contributed by atoms with van der Waals surface area (Å²) >= 11 is 0. The number of ether oxygens (including phenoxy) is 2. The van der Waals surface area contributed by atoms with Gasteiger partial charge in [0.2, 0.25) is 0 Å². The van der Waals surface area contributed by atoms with Gasteiger partial charge < -0.3 is 19.4 Å². The molecule has 0 aliphatic heterocycles. The van der Waals surface area contributed by atoms with Crippen LogP contribution in [-0.2, 0) is 11.2 Å². The summed E-state index contributed by atoms with van der Waals surface area (Å²) in [5.74, 6) is 0.629. The molecular weight excluding hydrogens is 440 g/mol. The van der Waals surface area contributed by atoms with E-state index in [-0.39, 0.29) is 6.09 Å². The third kappa shape index (κ3) is 5.62. The van der Waals surface area contributed by atoms with E-state index < -0.39 is 5.60 Å². The quantitative estimate of drug-likeness (QED) is 0.351. The molecule has 0 aliphatic rings. The van der Waals surface area contributed by atoms with Gasteiger partial charge in [0.1, 0.15) is 18.0 Å². The summed E-state index contributed by atoms with van der Waals surface area (Å²) < 4.78 is 11.5. The highest BCUT2D eigenvalue weighted by atomic mass is 16.6. The number of rotatable bonds is 7. The molecule has 0 saturated carbocycles. The Morgan fingerprint density at radius 3 is 2.71 bits per heavy atom. The van der Waals surface area contributed by atoms with Crippen LogP contribution < -0.4 is 4.74 Å². The van der Waals surface area contributed by atoms with E-state index in [0.29, 0.717) is 18.9 Å². The van der Waals surface area contributed by atoms with Crippen LogP contribution in [0, 0.1) is 0 Å². The number of nitrogens with one attached hydrogen (secondary N) is 1. The fraction of sp³-hybridized carbons (Fsp3) is 0.321. The number of nitrogens with zero attached hydrogens (tertiary/aromatic N) is 3. The maximum absolute atomic E-state index is 12.3. The summed E-state index contributed by atoms with van der Waals surface area (Å²) in [5, 5.41) is 0. The molecule has 1 aromatic carbocycles. The van der Waals surface area contributed by atoms with E-state index in [1.54, 1.807) is 19.4 Å². The molecule has 0 radical (unpaired) electrons. The van der Waals surface area contributed by atoms with Crippen molar-refractivity contribution >= 4 is 17.1 Å². The lowest BCUT2D eigenvalue weighted by molar-refractivity contribution is 0.0278. The lowest BCUT2D eigenvalue weighted by atomic mass is 9.98. The van der Waals surface area contributed by atoms with Crippen LogP contribution in [0.25, 0.3) is 33.4 Å². The van der Waals surface area contributed by atoms with E-state index in [1.165, 1.54) is 10.5 Å². The van der Waals surface area contributed by atoms with Crippen LogP contribution >= 0.6 is 0 Å². The molecule has 0 aliphatic carbocycles. The standard InChI is InChI=1S/C28H32N4O3/c1-6-19-9-7-10-20(17-19)24-25(31-22-11-8-13-30-26(22)24)21-12-14-29-18-23(21)34-16-15-32(5)27(33)35-28(2,3)4/h7-14,17-18,31H,6,15-16H2,1-5H3. The second kappa shape index (κ2) is 10.2. The van der Waals surface area contributed by atoms with Gasteiger partial charge in [-0.3, -0.25) is 9.97 Å². The second-order valence-corrected chi connectivity index (χ2v) is 9.45. The largest absolute Gasteiger partial charge is 0.489 e. The van der Waals surface area contributed by atoms with Crippen LogP contribution in [0.3, 0.4) is 0 Å². The van der Waals surface area contributed by atoms with Gasteiger partial charge in [0.15, 0.2) is 0 Å². The Morgan fingerprint density at radius 1 is 1.11 bits per heavy atom. The van der Waals surface area contributed by atoms with Gasteiger partial charge in [-0.05, 0) is 56.5 Å². The Morgan fingerprint density at radius 2 is 1.94 bits per heavy atom. The third-order valence-corrected chi connectivity index (χ3v) is 5.62. The summed E-state index contributed by atoms with van der Waals surface area (Å²) in [6.45, 7) is 8.37. The van der Waals surface area contributed by atoms with Crippen LogP contribution in [0.1, 0.15) is 33.3 Å². The number of aromatic nitrogens is 3. The summed E-state index contributed by atoms with van der Waals surface area (Å²) in [4.78, 5) is 26.3. The van der Waals surface area contributed by atoms with Crippen molar-refractivity contribution in [3.8, 4) is 28.1 Å². The van der Waals surface area contributed by atoms with Gasteiger partial charge >= 0.3 is 6.09 Å². The SMILES string of the molecule is CCc1cccc(-c2c(-c3ccncc3OCCN(C)C(=O)OC(C)(C)C)[nH]c3cccnc23)c1. The van der Waals surface area contributed by atoms with Gasteiger partial charge in [-0.15, -0.1) is 0 Å². The molecule has 1 amide bonds. The van der Waals surface area contributed by atoms with Crippen LogP contribution in [0.4, 0.5) is 4.79 Å². The molecule has 0 fully saturated rings. The number of hydrogen-bond acceptors (Lipinski definition) is 5. The average Bonchev–Trinajstić information content (AvgIpc) is 3.22. The number of amides is 1. The summed E-state index contributed by atoms with van der Waals surface area (Å²) in [7, 11) is 1.70. The minimum Gasteiger partial charge on any atom is -0.489 e. The van der Waals surface area contributed by atoms with Crippen LogP contribution in [0.5, 0.6) is 5.75 Å². The molecule has 0 unspecified atom stereocenters. The minimum absolute atomic E-state index is 0.299. The van der Waals surface area contributed by atoms with Gasteiger partial charge in [0.05, 0.1) is 29.5 Å². The number of benzene rings is 1. The van der Waals surface area contributed by atoms with E-state index in [1.807, 2.05) is 45.2 Å². The molecule has 7 heteroatoms. The molecule has 7 nitrogen and oxygen atoms in total. The maximum atomic E-state index is 12.3. The summed E-state index contributed by atoms with van der Waals surface area (Å²) in [6, 6.07) is 14.4. The van der Waals surface area contributed by atoms with Gasteiger partial charge in [0.25, 0.3) is 0 Å². The van der Waals surface area contributed by atoms with Crippen molar-refractivity contribution in [1.29, 1.82) is 0 Å². The van der Waals surface area contributed by atoms with Crippen molar-refractivity contribution < 1.29 is 14.3 Å². The van der Waals surface area contributed by atoms with Gasteiger partial charge in [0, 0.05) is 30.6 Å². The third-order valence-electron chi connectivity index (χ3n) is 5.62. The van der Waals surface area contributed by atoms with Crippen LogP contribution in [0.2, 0.25) is 0 Å². The number of H-pyrrole nitrogens is 1. The van der Waals surface area contributed by atoms with E-state index in [9.17, 15) is 4.79 Å². The van der Waals surface area contributed by atoms with Crippen molar-refractivity contribution in [3.05, 3.63) is 66.6 Å². The zero-order chi connectivity index (χ0) is 25.0. The Bertz CT molecular complexity index is 1320. The molecule has 3 heterocycles. The first-order valence-electron chi connectivity index (χ1n) is 11.8. The zero-order valence-corrected chi connectivity index (χ0v) is 21.0. The zero-order valence-electron chi connectivity index (χ0n) is 21.0. The predicted molar refractivity (Wildman–Crippen MR) is 138 cm³/mol. The van der Waals surface area contributed by atoms with Crippen molar-refractivity contribution in [2.24, 2.45) is 0 Å². The topological polar surface area (TPSA) is 80.3 Å². The highest BCUT2D eigenvalue weighted by Crippen LogP contribution is 2.40. The minimum atomic E-state index is -0.544. The summed E-state index contributed by atoms with van der Waals surface area (Å²) in [6.07, 6.45) is 5.83. The Balaban J connectivity index is 1.65. The number of likely N-dealkylation sites (N-methyl/N-ethyl adjacent to an activating group) is 1. The van der Waals surface area contributed by atoms with Crippen LogP contribution in [-0.4, -0.2) is 51.7 Å². The molecule has 0 bridgehead atoms. The number of fused-ring (bicyclic) bond motifs is 1. The first-order valence-corrected chi connectivity index (χ1v) is 11.8. The molecular formula is C28H32N4O3. The predicted octanol–water partition coefficient (Wildman–Crippen LogP) is 6.10. The van der Waals surface area contributed by atoms with Crippen molar-refractivity contribution in [1.82, 2.24) is 19.9 Å².